The molecule has 21 heavy (non-hydrogen) atoms. The molecule has 1 aromatic carbocycles. The first-order chi connectivity index (χ1) is 9.90. The number of halogens is 1. The minimum absolute atomic E-state index is 0.300. The van der Waals surface area contributed by atoms with E-state index in [1.54, 1.807) is 24.3 Å². The average Bonchev–Trinajstić information content (AvgIpc) is 2.44. The molecule has 0 bridgehead atoms. The van der Waals surface area contributed by atoms with E-state index in [9.17, 15) is 9.59 Å². The smallest absolute Gasteiger partial charge is 0.254 e. The van der Waals surface area contributed by atoms with Crippen molar-refractivity contribution in [2.24, 2.45) is 0 Å². The van der Waals surface area contributed by atoms with Gasteiger partial charge in [-0.25, -0.2) is 0 Å². The summed E-state index contributed by atoms with van der Waals surface area (Å²) in [6.45, 7) is 7.21. The van der Waals surface area contributed by atoms with Crippen LogP contribution in [0.25, 0.3) is 0 Å². The fourth-order valence-corrected chi connectivity index (χ4v) is 2.37. The standard InChI is InChI=1S/C15H22ClN3O2/c1-4-19(5-2)11-15(16,17-12(3)20)18-14(21)13-9-7-6-8-10-13/h6-10H,4-5,11H2,1-3H3,(H,17,20)(H,18,21). The first-order valence-corrected chi connectivity index (χ1v) is 7.35. The molecule has 0 radical (unpaired) electrons. The molecule has 2 N–H and O–H groups in total. The highest BCUT2D eigenvalue weighted by Gasteiger charge is 2.32. The van der Waals surface area contributed by atoms with Gasteiger partial charge < -0.3 is 10.6 Å². The minimum Gasteiger partial charge on any atom is -0.320 e. The van der Waals surface area contributed by atoms with Crippen LogP contribution in [0.3, 0.4) is 0 Å². The van der Waals surface area contributed by atoms with Crippen LogP contribution in [0.1, 0.15) is 31.1 Å². The Balaban J connectivity index is 2.86. The van der Waals surface area contributed by atoms with Gasteiger partial charge in [0, 0.05) is 12.5 Å². The van der Waals surface area contributed by atoms with Crippen molar-refractivity contribution < 1.29 is 9.59 Å². The predicted molar refractivity (Wildman–Crippen MR) is 84.1 cm³/mol. The zero-order valence-corrected chi connectivity index (χ0v) is 13.4. The Labute approximate surface area is 130 Å². The molecule has 6 heteroatoms. The van der Waals surface area contributed by atoms with Crippen LogP contribution in [0.5, 0.6) is 0 Å². The van der Waals surface area contributed by atoms with E-state index < -0.39 is 5.12 Å². The molecule has 0 aliphatic heterocycles. The maximum Gasteiger partial charge on any atom is 0.254 e. The van der Waals surface area contributed by atoms with Crippen LogP contribution in [0.4, 0.5) is 0 Å². The monoisotopic (exact) mass is 311 g/mol. The third-order valence-electron chi connectivity index (χ3n) is 3.06. The number of nitrogens with zero attached hydrogens (tertiary/aromatic N) is 1. The topological polar surface area (TPSA) is 61.4 Å². The van der Waals surface area contributed by atoms with Gasteiger partial charge in [0.15, 0.2) is 0 Å². The van der Waals surface area contributed by atoms with Crippen molar-refractivity contribution in [2.75, 3.05) is 19.6 Å². The largest absolute Gasteiger partial charge is 0.320 e. The molecule has 0 spiro atoms. The SMILES string of the molecule is CCN(CC)CC(Cl)(NC(C)=O)NC(=O)c1ccccc1. The lowest BCUT2D eigenvalue weighted by Gasteiger charge is -2.33. The summed E-state index contributed by atoms with van der Waals surface area (Å²) in [4.78, 5) is 25.6. The molecule has 5 nitrogen and oxygen atoms in total. The summed E-state index contributed by atoms with van der Waals surface area (Å²) in [5.41, 5.74) is 0.493. The number of benzene rings is 1. The van der Waals surface area contributed by atoms with Gasteiger partial charge in [-0.1, -0.05) is 43.6 Å². The number of carbonyl (C=O) groups is 2. The fraction of sp³-hybridized carbons (Fsp3) is 0.467. The van der Waals surface area contributed by atoms with Gasteiger partial charge >= 0.3 is 0 Å². The fourth-order valence-electron chi connectivity index (χ4n) is 1.99. The number of alkyl halides is 1. The number of hydrogen-bond donors (Lipinski definition) is 2. The summed E-state index contributed by atoms with van der Waals surface area (Å²) in [5, 5.41) is 3.97. The van der Waals surface area contributed by atoms with Crippen LogP contribution in [0.2, 0.25) is 0 Å². The van der Waals surface area contributed by atoms with Crippen LogP contribution in [0, 0.1) is 0 Å². The highest BCUT2D eigenvalue weighted by Crippen LogP contribution is 2.12. The predicted octanol–water partition coefficient (Wildman–Crippen LogP) is 1.79. The second-order valence-corrected chi connectivity index (χ2v) is 5.41. The van der Waals surface area contributed by atoms with Gasteiger partial charge in [0.1, 0.15) is 0 Å². The molecule has 1 unspecified atom stereocenters. The van der Waals surface area contributed by atoms with E-state index in [0.717, 1.165) is 13.1 Å². The van der Waals surface area contributed by atoms with Crippen LogP contribution in [-0.4, -0.2) is 41.5 Å². The number of likely N-dealkylation sites (N-methyl/N-ethyl adjacent to an activating group) is 1. The number of carbonyl (C=O) groups excluding carboxylic acids is 2. The molecule has 0 saturated heterocycles. The normalized spacial score (nSPS) is 13.6. The maximum absolute atomic E-state index is 12.2. The molecule has 1 atom stereocenters. The van der Waals surface area contributed by atoms with Crippen molar-refractivity contribution in [3.63, 3.8) is 0 Å². The highest BCUT2D eigenvalue weighted by molar-refractivity contribution is 6.26. The van der Waals surface area contributed by atoms with Crippen LogP contribution in [-0.2, 0) is 4.79 Å². The van der Waals surface area contributed by atoms with Crippen LogP contribution >= 0.6 is 11.6 Å². The lowest BCUT2D eigenvalue weighted by molar-refractivity contribution is -0.120. The van der Waals surface area contributed by atoms with E-state index in [4.69, 9.17) is 11.6 Å². The summed E-state index contributed by atoms with van der Waals surface area (Å²) in [7, 11) is 0. The van der Waals surface area contributed by atoms with E-state index >= 15 is 0 Å². The molecule has 1 aromatic rings. The molecule has 116 valence electrons. The average molecular weight is 312 g/mol. The Morgan fingerprint density at radius 1 is 1.14 bits per heavy atom. The summed E-state index contributed by atoms with van der Waals surface area (Å²) in [5.74, 6) is -0.628. The van der Waals surface area contributed by atoms with E-state index in [1.807, 2.05) is 24.8 Å². The summed E-state index contributed by atoms with van der Waals surface area (Å²) < 4.78 is 0. The lowest BCUT2D eigenvalue weighted by Crippen LogP contribution is -2.61. The van der Waals surface area contributed by atoms with Crippen molar-refractivity contribution in [3.8, 4) is 0 Å². The zero-order valence-electron chi connectivity index (χ0n) is 12.6. The molecule has 0 fully saturated rings. The second-order valence-electron chi connectivity index (χ2n) is 4.76. The summed E-state index contributed by atoms with van der Waals surface area (Å²) >= 11 is 6.43. The molecule has 1 rings (SSSR count). The van der Waals surface area contributed by atoms with Gasteiger partial charge in [0.25, 0.3) is 5.91 Å². The van der Waals surface area contributed by atoms with Gasteiger partial charge in [0.2, 0.25) is 11.0 Å². The molecule has 0 aliphatic rings. The van der Waals surface area contributed by atoms with Crippen molar-refractivity contribution in [3.05, 3.63) is 35.9 Å². The van der Waals surface area contributed by atoms with Gasteiger partial charge in [0.05, 0.1) is 6.54 Å². The van der Waals surface area contributed by atoms with E-state index in [1.165, 1.54) is 6.92 Å². The Kier molecular flexibility index (Phi) is 6.65. The van der Waals surface area contributed by atoms with Gasteiger partial charge in [-0.15, -0.1) is 0 Å². The highest BCUT2D eigenvalue weighted by atomic mass is 35.5. The summed E-state index contributed by atoms with van der Waals surface area (Å²) in [6, 6.07) is 8.76. The number of hydrogen-bond acceptors (Lipinski definition) is 3. The Morgan fingerprint density at radius 2 is 1.71 bits per heavy atom. The van der Waals surface area contributed by atoms with Crippen molar-refractivity contribution in [2.45, 2.75) is 25.9 Å². The third-order valence-corrected chi connectivity index (χ3v) is 3.37. The number of amides is 2. The van der Waals surface area contributed by atoms with Gasteiger partial charge in [-0.2, -0.15) is 0 Å². The Morgan fingerprint density at radius 3 is 2.19 bits per heavy atom. The van der Waals surface area contributed by atoms with Gasteiger partial charge in [-0.3, -0.25) is 14.5 Å². The summed E-state index contributed by atoms with van der Waals surface area (Å²) in [6.07, 6.45) is 0. The zero-order chi connectivity index (χ0) is 15.9. The second kappa shape index (κ2) is 8.00. The lowest BCUT2D eigenvalue weighted by atomic mass is 10.2. The third kappa shape index (κ3) is 5.73. The van der Waals surface area contributed by atoms with E-state index in [2.05, 4.69) is 10.6 Å². The molecule has 2 amide bonds. The van der Waals surface area contributed by atoms with Gasteiger partial charge in [-0.05, 0) is 25.2 Å². The molecular weight excluding hydrogens is 290 g/mol. The molecule has 0 aromatic heterocycles. The number of nitrogens with one attached hydrogen (secondary N) is 2. The van der Waals surface area contributed by atoms with Crippen molar-refractivity contribution in [1.82, 2.24) is 15.5 Å². The van der Waals surface area contributed by atoms with E-state index in [0.29, 0.717) is 12.1 Å². The Hall–Kier alpha value is -1.59. The molecule has 0 saturated carbocycles. The maximum atomic E-state index is 12.2. The first-order valence-electron chi connectivity index (χ1n) is 6.97. The van der Waals surface area contributed by atoms with Crippen molar-refractivity contribution >= 4 is 23.4 Å². The molecular formula is C15H22ClN3O2. The quantitative estimate of drug-likeness (QED) is 0.458. The van der Waals surface area contributed by atoms with Crippen LogP contribution in [0.15, 0.2) is 30.3 Å². The minimum atomic E-state index is -1.33. The number of rotatable bonds is 7. The first kappa shape index (κ1) is 17.5. The van der Waals surface area contributed by atoms with E-state index in [-0.39, 0.29) is 11.8 Å². The molecule has 0 heterocycles. The Bertz CT molecular complexity index is 477. The molecule has 0 aliphatic carbocycles. The van der Waals surface area contributed by atoms with Crippen molar-refractivity contribution in [1.29, 1.82) is 0 Å². The van der Waals surface area contributed by atoms with Crippen LogP contribution < -0.4 is 10.6 Å².